The van der Waals surface area contributed by atoms with Gasteiger partial charge in [-0.2, -0.15) is 0 Å². The smallest absolute Gasteiger partial charge is 0.320 e. The van der Waals surface area contributed by atoms with Gasteiger partial charge in [-0.05, 0) is 37.6 Å². The molecule has 116 valence electrons. The van der Waals surface area contributed by atoms with Crippen molar-refractivity contribution in [3.8, 4) is 5.75 Å². The van der Waals surface area contributed by atoms with Crippen LogP contribution in [0.15, 0.2) is 24.3 Å². The van der Waals surface area contributed by atoms with Crippen LogP contribution < -0.4 is 10.5 Å². The van der Waals surface area contributed by atoms with E-state index in [-0.39, 0.29) is 6.42 Å². The molecule has 21 heavy (non-hydrogen) atoms. The first kappa shape index (κ1) is 15.8. The number of nitrogens with two attached hydrogens (primary N) is 1. The van der Waals surface area contributed by atoms with E-state index in [0.717, 1.165) is 30.9 Å². The van der Waals surface area contributed by atoms with Crippen LogP contribution in [-0.2, 0) is 11.2 Å². The number of para-hydroxylation sites is 1. The van der Waals surface area contributed by atoms with Crippen molar-refractivity contribution < 1.29 is 14.6 Å². The largest absolute Gasteiger partial charge is 0.492 e. The molecule has 1 aromatic rings. The van der Waals surface area contributed by atoms with Gasteiger partial charge in [0.25, 0.3) is 0 Å². The lowest BCUT2D eigenvalue weighted by atomic mass is 10.1. The highest BCUT2D eigenvalue weighted by molar-refractivity contribution is 5.73. The fourth-order valence-corrected chi connectivity index (χ4v) is 2.61. The summed E-state index contributed by atoms with van der Waals surface area (Å²) in [6, 6.07) is 6.63. The molecule has 5 nitrogen and oxygen atoms in total. The Morgan fingerprint density at radius 3 is 2.71 bits per heavy atom. The number of carbonyl (C=O) groups is 1. The van der Waals surface area contributed by atoms with Gasteiger partial charge in [-0.25, -0.2) is 0 Å². The monoisotopic (exact) mass is 292 g/mol. The molecule has 1 aromatic carbocycles. The normalized spacial score (nSPS) is 17.4. The summed E-state index contributed by atoms with van der Waals surface area (Å²) >= 11 is 0. The van der Waals surface area contributed by atoms with Gasteiger partial charge in [-0.3, -0.25) is 9.69 Å². The van der Waals surface area contributed by atoms with Crippen LogP contribution in [0.3, 0.4) is 0 Å². The van der Waals surface area contributed by atoms with Crippen LogP contribution in [0, 0.1) is 0 Å². The minimum atomic E-state index is -0.988. The van der Waals surface area contributed by atoms with Crippen LogP contribution in [0.1, 0.15) is 24.8 Å². The second-order valence-corrected chi connectivity index (χ2v) is 5.51. The summed E-state index contributed by atoms with van der Waals surface area (Å²) < 4.78 is 5.83. The number of aliphatic carboxylic acids is 1. The minimum Gasteiger partial charge on any atom is -0.492 e. The van der Waals surface area contributed by atoms with E-state index in [0.29, 0.717) is 6.61 Å². The fourth-order valence-electron chi connectivity index (χ4n) is 2.61. The third-order valence-electron chi connectivity index (χ3n) is 3.84. The van der Waals surface area contributed by atoms with Gasteiger partial charge in [0.1, 0.15) is 18.4 Å². The molecule has 1 heterocycles. The minimum absolute atomic E-state index is 0.287. The van der Waals surface area contributed by atoms with Crippen LogP contribution in [0.25, 0.3) is 0 Å². The van der Waals surface area contributed by atoms with Gasteiger partial charge in [0.2, 0.25) is 0 Å². The molecule has 1 unspecified atom stereocenters. The number of hydrogen-bond acceptors (Lipinski definition) is 4. The molecule has 0 aliphatic carbocycles. The molecule has 1 fully saturated rings. The topological polar surface area (TPSA) is 75.8 Å². The molecule has 0 spiro atoms. The van der Waals surface area contributed by atoms with Crippen molar-refractivity contribution in [2.24, 2.45) is 5.73 Å². The highest BCUT2D eigenvalue weighted by Gasteiger charge is 2.15. The Bertz CT molecular complexity index is 459. The standard InChI is InChI=1S/C16H24N2O3/c17-14(16(19)20)12-13-6-2-3-7-15(13)21-11-10-18-8-4-1-5-9-18/h2-3,6-7,14H,1,4-5,8-12,17H2,(H,19,20). The van der Waals surface area contributed by atoms with Gasteiger partial charge in [-0.1, -0.05) is 24.6 Å². The van der Waals surface area contributed by atoms with Crippen LogP contribution in [0.5, 0.6) is 5.75 Å². The van der Waals surface area contributed by atoms with Crippen molar-refractivity contribution in [3.05, 3.63) is 29.8 Å². The van der Waals surface area contributed by atoms with E-state index >= 15 is 0 Å². The van der Waals surface area contributed by atoms with Crippen LogP contribution in [0.4, 0.5) is 0 Å². The Kier molecular flexibility index (Phi) is 6.02. The molecule has 5 heteroatoms. The van der Waals surface area contributed by atoms with Crippen molar-refractivity contribution in [1.82, 2.24) is 4.90 Å². The van der Waals surface area contributed by atoms with Gasteiger partial charge in [-0.15, -0.1) is 0 Å². The third-order valence-corrected chi connectivity index (χ3v) is 3.84. The molecule has 0 saturated carbocycles. The molecule has 0 radical (unpaired) electrons. The first-order chi connectivity index (χ1) is 10.2. The Hall–Kier alpha value is -1.59. The molecule has 1 saturated heterocycles. The summed E-state index contributed by atoms with van der Waals surface area (Å²) in [4.78, 5) is 13.3. The molecular weight excluding hydrogens is 268 g/mol. The Balaban J connectivity index is 1.85. The fraction of sp³-hybridized carbons (Fsp3) is 0.562. The molecule has 3 N–H and O–H groups in total. The third kappa shape index (κ3) is 5.02. The number of likely N-dealkylation sites (tertiary alicyclic amines) is 1. The maximum Gasteiger partial charge on any atom is 0.320 e. The van der Waals surface area contributed by atoms with Gasteiger partial charge in [0.15, 0.2) is 0 Å². The van der Waals surface area contributed by atoms with Crippen molar-refractivity contribution >= 4 is 5.97 Å². The number of ether oxygens (including phenoxy) is 1. The van der Waals surface area contributed by atoms with Gasteiger partial charge in [0, 0.05) is 13.0 Å². The Morgan fingerprint density at radius 1 is 1.29 bits per heavy atom. The Labute approximate surface area is 125 Å². The van der Waals surface area contributed by atoms with E-state index in [9.17, 15) is 4.79 Å². The van der Waals surface area contributed by atoms with E-state index in [2.05, 4.69) is 4.90 Å². The molecule has 1 atom stereocenters. The molecular formula is C16H24N2O3. The SMILES string of the molecule is NC(Cc1ccccc1OCCN1CCCCC1)C(=O)O. The summed E-state index contributed by atoms with van der Waals surface area (Å²) in [7, 11) is 0. The Morgan fingerprint density at radius 2 is 2.00 bits per heavy atom. The number of carboxylic acid groups (broad SMARTS) is 1. The first-order valence-electron chi connectivity index (χ1n) is 7.58. The van der Waals surface area contributed by atoms with Gasteiger partial charge >= 0.3 is 5.97 Å². The molecule has 1 aliphatic rings. The van der Waals surface area contributed by atoms with Crippen LogP contribution in [0.2, 0.25) is 0 Å². The number of piperidine rings is 1. The second-order valence-electron chi connectivity index (χ2n) is 5.51. The lowest BCUT2D eigenvalue weighted by molar-refractivity contribution is -0.138. The number of hydrogen-bond donors (Lipinski definition) is 2. The van der Waals surface area contributed by atoms with E-state index in [4.69, 9.17) is 15.6 Å². The van der Waals surface area contributed by atoms with E-state index in [1.54, 1.807) is 0 Å². The molecule has 0 amide bonds. The van der Waals surface area contributed by atoms with Gasteiger partial charge < -0.3 is 15.6 Å². The van der Waals surface area contributed by atoms with Crippen LogP contribution in [-0.4, -0.2) is 48.3 Å². The summed E-state index contributed by atoms with van der Waals surface area (Å²) in [5.74, 6) is -0.246. The van der Waals surface area contributed by atoms with Gasteiger partial charge in [0.05, 0.1) is 0 Å². The molecule has 1 aliphatic heterocycles. The second kappa shape index (κ2) is 8.00. The molecule has 0 aromatic heterocycles. The average Bonchev–Trinajstić information content (AvgIpc) is 2.50. The van der Waals surface area contributed by atoms with E-state index in [1.165, 1.54) is 19.3 Å². The van der Waals surface area contributed by atoms with Crippen molar-refractivity contribution in [2.45, 2.75) is 31.7 Å². The maximum absolute atomic E-state index is 10.9. The first-order valence-corrected chi connectivity index (χ1v) is 7.58. The summed E-state index contributed by atoms with van der Waals surface area (Å²) in [5, 5.41) is 8.91. The molecule has 2 rings (SSSR count). The zero-order valence-electron chi connectivity index (χ0n) is 12.3. The van der Waals surface area contributed by atoms with E-state index < -0.39 is 12.0 Å². The highest BCUT2D eigenvalue weighted by atomic mass is 16.5. The van der Waals surface area contributed by atoms with E-state index in [1.807, 2.05) is 24.3 Å². The number of rotatable bonds is 7. The number of carboxylic acids is 1. The molecule has 0 bridgehead atoms. The number of benzene rings is 1. The lowest BCUT2D eigenvalue weighted by Gasteiger charge is -2.26. The van der Waals surface area contributed by atoms with Crippen molar-refractivity contribution in [2.75, 3.05) is 26.2 Å². The highest BCUT2D eigenvalue weighted by Crippen LogP contribution is 2.19. The maximum atomic E-state index is 10.9. The average molecular weight is 292 g/mol. The van der Waals surface area contributed by atoms with Crippen LogP contribution >= 0.6 is 0 Å². The quantitative estimate of drug-likeness (QED) is 0.796. The predicted octanol–water partition coefficient (Wildman–Crippen LogP) is 1.51. The zero-order chi connectivity index (χ0) is 15.1. The lowest BCUT2D eigenvalue weighted by Crippen LogP contribution is -2.34. The van der Waals surface area contributed by atoms with Crippen molar-refractivity contribution in [1.29, 1.82) is 0 Å². The summed E-state index contributed by atoms with van der Waals surface area (Å²) in [6.45, 7) is 3.84. The summed E-state index contributed by atoms with van der Waals surface area (Å²) in [5.41, 5.74) is 6.45. The number of nitrogens with zero attached hydrogens (tertiary/aromatic N) is 1. The zero-order valence-corrected chi connectivity index (χ0v) is 12.3. The predicted molar refractivity (Wildman–Crippen MR) is 81.5 cm³/mol. The van der Waals surface area contributed by atoms with Crippen molar-refractivity contribution in [3.63, 3.8) is 0 Å². The summed E-state index contributed by atoms with van der Waals surface area (Å²) in [6.07, 6.45) is 4.15.